The van der Waals surface area contributed by atoms with Gasteiger partial charge in [0.05, 0.1) is 7.11 Å². The average molecular weight is 219 g/mol. The van der Waals surface area contributed by atoms with Gasteiger partial charge in [-0.3, -0.25) is 4.79 Å². The van der Waals surface area contributed by atoms with Crippen molar-refractivity contribution in [3.63, 3.8) is 0 Å². The van der Waals surface area contributed by atoms with Gasteiger partial charge in [-0.15, -0.1) is 0 Å². The normalized spacial score (nSPS) is 22.3. The Morgan fingerprint density at radius 2 is 2.19 bits per heavy atom. The molecule has 0 radical (unpaired) electrons. The van der Waals surface area contributed by atoms with E-state index < -0.39 is 5.54 Å². The first kappa shape index (κ1) is 11.1. The fraction of sp³-hybridized carbons (Fsp3) is 0.462. The molecule has 1 aliphatic rings. The molecule has 2 atom stereocenters. The fourth-order valence-corrected chi connectivity index (χ4v) is 2.54. The molecule has 1 aromatic carbocycles. The second kappa shape index (κ2) is 3.91. The summed E-state index contributed by atoms with van der Waals surface area (Å²) in [7, 11) is 1.38. The van der Waals surface area contributed by atoms with Gasteiger partial charge in [0, 0.05) is 5.92 Å². The summed E-state index contributed by atoms with van der Waals surface area (Å²) >= 11 is 0. The van der Waals surface area contributed by atoms with Crippen LogP contribution in [0.3, 0.4) is 0 Å². The number of fused-ring (bicyclic) bond motifs is 1. The first-order valence-electron chi connectivity index (χ1n) is 5.52. The third-order valence-electron chi connectivity index (χ3n) is 3.48. The summed E-state index contributed by atoms with van der Waals surface area (Å²) < 4.78 is 4.78. The smallest absolute Gasteiger partial charge is 0.326 e. The minimum absolute atomic E-state index is 0.0659. The van der Waals surface area contributed by atoms with Gasteiger partial charge in [-0.2, -0.15) is 0 Å². The molecule has 2 N–H and O–H groups in total. The van der Waals surface area contributed by atoms with E-state index in [0.29, 0.717) is 0 Å². The molecular formula is C13H17NO2. The molecule has 0 amide bonds. The lowest BCUT2D eigenvalue weighted by Gasteiger charge is -2.29. The lowest BCUT2D eigenvalue weighted by Crippen LogP contribution is -2.50. The van der Waals surface area contributed by atoms with Crippen molar-refractivity contribution >= 4 is 5.97 Å². The van der Waals surface area contributed by atoms with E-state index in [4.69, 9.17) is 10.5 Å². The van der Waals surface area contributed by atoms with Crippen LogP contribution >= 0.6 is 0 Å². The van der Waals surface area contributed by atoms with Gasteiger partial charge in [-0.25, -0.2) is 0 Å². The number of methoxy groups -OCH3 is 1. The summed E-state index contributed by atoms with van der Waals surface area (Å²) in [6, 6.07) is 8.17. The van der Waals surface area contributed by atoms with Crippen LogP contribution in [-0.4, -0.2) is 18.6 Å². The number of aryl methyl sites for hydroxylation is 1. The van der Waals surface area contributed by atoms with E-state index in [1.54, 1.807) is 6.92 Å². The van der Waals surface area contributed by atoms with Crippen LogP contribution in [0.5, 0.6) is 0 Å². The van der Waals surface area contributed by atoms with E-state index in [9.17, 15) is 4.79 Å². The molecule has 0 fully saturated rings. The molecule has 3 heteroatoms. The van der Waals surface area contributed by atoms with Crippen molar-refractivity contribution in [1.82, 2.24) is 0 Å². The van der Waals surface area contributed by atoms with Crippen LogP contribution in [0.2, 0.25) is 0 Å². The summed E-state index contributed by atoms with van der Waals surface area (Å²) in [6.45, 7) is 1.76. The minimum Gasteiger partial charge on any atom is -0.468 e. The van der Waals surface area contributed by atoms with Crippen molar-refractivity contribution in [1.29, 1.82) is 0 Å². The molecule has 1 aromatic rings. The third-order valence-corrected chi connectivity index (χ3v) is 3.48. The monoisotopic (exact) mass is 219 g/mol. The molecule has 2 unspecified atom stereocenters. The molecule has 86 valence electrons. The summed E-state index contributed by atoms with van der Waals surface area (Å²) in [5.41, 5.74) is 7.68. The highest BCUT2D eigenvalue weighted by atomic mass is 16.5. The van der Waals surface area contributed by atoms with Crippen molar-refractivity contribution in [2.24, 2.45) is 5.73 Å². The maximum Gasteiger partial charge on any atom is 0.326 e. The van der Waals surface area contributed by atoms with Crippen LogP contribution in [-0.2, 0) is 16.0 Å². The zero-order valence-electron chi connectivity index (χ0n) is 9.69. The number of nitrogens with two attached hydrogens (primary N) is 1. The van der Waals surface area contributed by atoms with E-state index in [2.05, 4.69) is 12.1 Å². The standard InChI is InChI=1S/C13H17NO2/c1-13(14,12(15)16-2)11-8-7-9-5-3-4-6-10(9)11/h3-6,11H,7-8,14H2,1-2H3. The number of carbonyl (C=O) groups is 1. The Morgan fingerprint density at radius 1 is 1.50 bits per heavy atom. The van der Waals surface area contributed by atoms with Crippen LogP contribution in [0.15, 0.2) is 24.3 Å². The molecule has 0 heterocycles. The van der Waals surface area contributed by atoms with Crippen molar-refractivity contribution in [2.75, 3.05) is 7.11 Å². The summed E-state index contributed by atoms with van der Waals surface area (Å²) in [5, 5.41) is 0. The predicted octanol–water partition coefficient (Wildman–Crippen LogP) is 1.61. The maximum atomic E-state index is 11.7. The molecule has 2 rings (SSSR count). The number of ether oxygens (including phenoxy) is 1. The quantitative estimate of drug-likeness (QED) is 0.769. The van der Waals surface area contributed by atoms with Crippen molar-refractivity contribution in [2.45, 2.75) is 31.2 Å². The molecule has 0 saturated heterocycles. The molecule has 0 spiro atoms. The highest BCUT2D eigenvalue weighted by Crippen LogP contribution is 2.39. The highest BCUT2D eigenvalue weighted by molar-refractivity contribution is 5.81. The van der Waals surface area contributed by atoms with Crippen LogP contribution in [0.4, 0.5) is 0 Å². The average Bonchev–Trinajstić information content (AvgIpc) is 2.72. The zero-order valence-corrected chi connectivity index (χ0v) is 9.69. The van der Waals surface area contributed by atoms with E-state index in [1.165, 1.54) is 18.2 Å². The van der Waals surface area contributed by atoms with Gasteiger partial charge in [0.25, 0.3) is 0 Å². The Hall–Kier alpha value is -1.35. The predicted molar refractivity (Wildman–Crippen MR) is 62.1 cm³/mol. The Labute approximate surface area is 95.6 Å². The minimum atomic E-state index is -0.929. The highest BCUT2D eigenvalue weighted by Gasteiger charge is 2.42. The SMILES string of the molecule is COC(=O)C(C)(N)C1CCc2ccccc21. The van der Waals surface area contributed by atoms with Gasteiger partial charge in [0.15, 0.2) is 0 Å². The van der Waals surface area contributed by atoms with Crippen LogP contribution in [0, 0.1) is 0 Å². The van der Waals surface area contributed by atoms with Crippen molar-refractivity contribution in [3.8, 4) is 0 Å². The molecule has 16 heavy (non-hydrogen) atoms. The van der Waals surface area contributed by atoms with Gasteiger partial charge in [-0.05, 0) is 30.9 Å². The topological polar surface area (TPSA) is 52.3 Å². The summed E-state index contributed by atoms with van der Waals surface area (Å²) in [6.07, 6.45) is 1.91. The Morgan fingerprint density at radius 3 is 2.88 bits per heavy atom. The second-order valence-electron chi connectivity index (χ2n) is 4.56. The Bertz CT molecular complexity index is 412. The molecule has 0 saturated carbocycles. The third kappa shape index (κ3) is 1.61. The van der Waals surface area contributed by atoms with Gasteiger partial charge >= 0.3 is 5.97 Å². The maximum absolute atomic E-state index is 11.7. The number of carbonyl (C=O) groups excluding carboxylic acids is 1. The number of benzene rings is 1. The first-order valence-corrected chi connectivity index (χ1v) is 5.52. The fourth-order valence-electron chi connectivity index (χ4n) is 2.54. The Balaban J connectivity index is 2.35. The largest absolute Gasteiger partial charge is 0.468 e. The van der Waals surface area contributed by atoms with Crippen LogP contribution < -0.4 is 5.73 Å². The summed E-state index contributed by atoms with van der Waals surface area (Å²) in [4.78, 5) is 11.7. The van der Waals surface area contributed by atoms with Gasteiger partial charge in [-0.1, -0.05) is 24.3 Å². The zero-order chi connectivity index (χ0) is 11.8. The molecule has 0 bridgehead atoms. The molecule has 3 nitrogen and oxygen atoms in total. The molecular weight excluding hydrogens is 202 g/mol. The number of hydrogen-bond donors (Lipinski definition) is 1. The molecule has 0 aromatic heterocycles. The molecule has 0 aliphatic heterocycles. The second-order valence-corrected chi connectivity index (χ2v) is 4.56. The van der Waals surface area contributed by atoms with Gasteiger partial charge in [0.2, 0.25) is 0 Å². The number of hydrogen-bond acceptors (Lipinski definition) is 3. The van der Waals surface area contributed by atoms with Gasteiger partial charge < -0.3 is 10.5 Å². The first-order chi connectivity index (χ1) is 7.57. The van der Waals surface area contributed by atoms with Crippen LogP contribution in [0.25, 0.3) is 0 Å². The number of rotatable bonds is 2. The van der Waals surface area contributed by atoms with Crippen LogP contribution in [0.1, 0.15) is 30.4 Å². The van der Waals surface area contributed by atoms with E-state index >= 15 is 0 Å². The Kier molecular flexibility index (Phi) is 2.72. The van der Waals surface area contributed by atoms with Crippen molar-refractivity contribution in [3.05, 3.63) is 35.4 Å². The van der Waals surface area contributed by atoms with E-state index in [-0.39, 0.29) is 11.9 Å². The van der Waals surface area contributed by atoms with E-state index in [0.717, 1.165) is 12.8 Å². The molecule has 1 aliphatic carbocycles. The number of esters is 1. The lowest BCUT2D eigenvalue weighted by molar-refractivity contribution is -0.147. The van der Waals surface area contributed by atoms with Crippen molar-refractivity contribution < 1.29 is 9.53 Å². The van der Waals surface area contributed by atoms with E-state index in [1.807, 2.05) is 12.1 Å². The van der Waals surface area contributed by atoms with Gasteiger partial charge in [0.1, 0.15) is 5.54 Å². The summed E-state index contributed by atoms with van der Waals surface area (Å²) in [5.74, 6) is -0.273. The lowest BCUT2D eigenvalue weighted by atomic mass is 9.82.